The van der Waals surface area contributed by atoms with E-state index >= 15 is 0 Å². The van der Waals surface area contributed by atoms with Gasteiger partial charge in [0.05, 0.1) is 18.6 Å². The minimum Gasteiger partial charge on any atom is -0.460 e. The molecule has 4 fully saturated rings. The van der Waals surface area contributed by atoms with Gasteiger partial charge in [-0.15, -0.1) is 0 Å². The molecular formula is C14H18F2O7S. The molecule has 4 rings (SSSR count). The number of carbonyl (C=O) groups is 2. The number of hydrogen-bond acceptors (Lipinski definition) is 6. The summed E-state index contributed by atoms with van der Waals surface area (Å²) in [6.45, 7) is -0.797. The van der Waals surface area contributed by atoms with Crippen LogP contribution in [0.4, 0.5) is 8.78 Å². The molecule has 0 aromatic rings. The average Bonchev–Trinajstić information content (AvgIpc) is 2.48. The molecule has 10 heteroatoms. The summed E-state index contributed by atoms with van der Waals surface area (Å²) >= 11 is 0. The predicted molar refractivity (Wildman–Crippen MR) is 74.5 cm³/mol. The lowest BCUT2D eigenvalue weighted by Gasteiger charge is -2.60. The van der Waals surface area contributed by atoms with E-state index in [9.17, 15) is 31.9 Å². The maximum Gasteiger partial charge on any atom is 0.465 e. The van der Waals surface area contributed by atoms with Gasteiger partial charge in [0.1, 0.15) is 5.78 Å². The molecule has 2 N–H and O–H groups in total. The summed E-state index contributed by atoms with van der Waals surface area (Å²) in [4.78, 5) is 23.8. The molecule has 0 heterocycles. The van der Waals surface area contributed by atoms with Gasteiger partial charge in [-0.1, -0.05) is 0 Å². The van der Waals surface area contributed by atoms with Crippen molar-refractivity contribution in [1.29, 1.82) is 0 Å². The number of aliphatic hydroxyl groups is 1. The van der Waals surface area contributed by atoms with Crippen LogP contribution in [0.2, 0.25) is 0 Å². The van der Waals surface area contributed by atoms with E-state index in [0.717, 1.165) is 0 Å². The summed E-state index contributed by atoms with van der Waals surface area (Å²) in [5.74, 6) is -2.50. The van der Waals surface area contributed by atoms with Gasteiger partial charge in [-0.25, -0.2) is 4.79 Å². The standard InChI is InChI=1S/C14H18F2O7S/c15-14(16,24(20,21)22)11(19)23-7-12-2-8-1-9(4-12)10(18)13(3-8,5-12)6-17/h8-9,17H,1-7H2,(H,20,21,22). The molecule has 4 bridgehead atoms. The molecule has 4 aliphatic carbocycles. The first-order valence-electron chi connectivity index (χ1n) is 7.62. The first-order chi connectivity index (χ1) is 10.9. The number of hydrogen-bond donors (Lipinski definition) is 2. The fraction of sp³-hybridized carbons (Fsp3) is 0.857. The van der Waals surface area contributed by atoms with E-state index in [1.807, 2.05) is 0 Å². The van der Waals surface area contributed by atoms with Crippen molar-refractivity contribution in [1.82, 2.24) is 0 Å². The third-order valence-corrected chi connectivity index (χ3v) is 6.49. The van der Waals surface area contributed by atoms with Gasteiger partial charge in [0.15, 0.2) is 0 Å². The third-order valence-electron chi connectivity index (χ3n) is 5.68. The lowest BCUT2D eigenvalue weighted by atomic mass is 9.44. The highest BCUT2D eigenvalue weighted by atomic mass is 32.2. The van der Waals surface area contributed by atoms with Gasteiger partial charge in [0, 0.05) is 11.3 Å². The monoisotopic (exact) mass is 368 g/mol. The number of ketones is 1. The van der Waals surface area contributed by atoms with E-state index < -0.39 is 38.8 Å². The van der Waals surface area contributed by atoms with Gasteiger partial charge in [0.2, 0.25) is 0 Å². The molecule has 0 saturated heterocycles. The van der Waals surface area contributed by atoms with Crippen LogP contribution in [-0.4, -0.2) is 48.3 Å². The molecule has 7 nitrogen and oxygen atoms in total. The summed E-state index contributed by atoms with van der Waals surface area (Å²) in [6, 6.07) is 0. The lowest BCUT2D eigenvalue weighted by molar-refractivity contribution is -0.185. The van der Waals surface area contributed by atoms with Gasteiger partial charge >= 0.3 is 21.3 Å². The van der Waals surface area contributed by atoms with Crippen LogP contribution in [0.5, 0.6) is 0 Å². The van der Waals surface area contributed by atoms with Crippen molar-refractivity contribution in [3.63, 3.8) is 0 Å². The molecule has 136 valence electrons. The van der Waals surface area contributed by atoms with Crippen LogP contribution in [0, 0.1) is 22.7 Å². The number of esters is 1. The van der Waals surface area contributed by atoms with Crippen molar-refractivity contribution in [3.8, 4) is 0 Å². The van der Waals surface area contributed by atoms with Crippen molar-refractivity contribution < 1.29 is 41.2 Å². The second kappa shape index (κ2) is 5.18. The first-order valence-corrected chi connectivity index (χ1v) is 9.06. The van der Waals surface area contributed by atoms with E-state index in [1.54, 1.807) is 0 Å². The van der Waals surface area contributed by atoms with Crippen molar-refractivity contribution in [2.45, 2.75) is 37.4 Å². The Balaban J connectivity index is 1.77. The molecular weight excluding hydrogens is 350 g/mol. The van der Waals surface area contributed by atoms with Crippen LogP contribution in [0.15, 0.2) is 0 Å². The van der Waals surface area contributed by atoms with Crippen LogP contribution in [0.25, 0.3) is 0 Å². The van der Waals surface area contributed by atoms with Gasteiger partial charge in [-0.3, -0.25) is 9.35 Å². The van der Waals surface area contributed by atoms with Gasteiger partial charge in [-0.2, -0.15) is 17.2 Å². The number of rotatable bonds is 5. The van der Waals surface area contributed by atoms with Gasteiger partial charge in [0.25, 0.3) is 0 Å². The SMILES string of the molecule is O=C1C2CC3CC(COC(=O)C(F)(F)S(=O)(=O)O)(C2)CC1(CO)C3. The van der Waals surface area contributed by atoms with Crippen LogP contribution in [-0.2, 0) is 24.4 Å². The Kier molecular flexibility index (Phi) is 3.82. The molecule has 0 amide bonds. The normalized spacial score (nSPS) is 38.4. The molecule has 0 aliphatic heterocycles. The number of alkyl halides is 2. The number of Topliss-reactive ketones (excluding diaryl/α,β-unsaturated/α-hetero) is 1. The Labute approximate surface area is 137 Å². The van der Waals surface area contributed by atoms with Crippen LogP contribution >= 0.6 is 0 Å². The Hall–Kier alpha value is -1.13. The Morgan fingerprint density at radius 1 is 1.33 bits per heavy atom. The number of carbonyl (C=O) groups excluding carboxylic acids is 2. The molecule has 0 spiro atoms. The quantitative estimate of drug-likeness (QED) is 0.543. The smallest absolute Gasteiger partial charge is 0.460 e. The zero-order valence-corrected chi connectivity index (χ0v) is 13.5. The summed E-state index contributed by atoms with van der Waals surface area (Å²) in [7, 11) is -5.91. The van der Waals surface area contributed by atoms with E-state index in [0.29, 0.717) is 25.7 Å². The van der Waals surface area contributed by atoms with Crippen molar-refractivity contribution >= 4 is 21.9 Å². The zero-order valence-electron chi connectivity index (χ0n) is 12.7. The lowest BCUT2D eigenvalue weighted by Crippen LogP contribution is -2.60. The van der Waals surface area contributed by atoms with Crippen LogP contribution in [0.1, 0.15) is 32.1 Å². The van der Waals surface area contributed by atoms with Crippen molar-refractivity contribution in [2.75, 3.05) is 13.2 Å². The van der Waals surface area contributed by atoms with E-state index in [2.05, 4.69) is 4.74 Å². The Morgan fingerprint density at radius 2 is 2.00 bits per heavy atom. The molecule has 4 unspecified atom stereocenters. The summed E-state index contributed by atoms with van der Waals surface area (Å²) in [6.07, 6.45) is 2.39. The number of halogens is 2. The average molecular weight is 368 g/mol. The maximum atomic E-state index is 13.3. The molecule has 0 aromatic carbocycles. The molecule has 4 aliphatic rings. The highest BCUT2D eigenvalue weighted by Gasteiger charge is 2.63. The fourth-order valence-electron chi connectivity index (χ4n) is 5.03. The number of aliphatic hydroxyl groups excluding tert-OH is 1. The number of ether oxygens (including phenoxy) is 1. The fourth-order valence-corrected chi connectivity index (χ4v) is 5.30. The highest BCUT2D eigenvalue weighted by Crippen LogP contribution is 2.63. The van der Waals surface area contributed by atoms with Crippen LogP contribution in [0.3, 0.4) is 0 Å². The van der Waals surface area contributed by atoms with Crippen molar-refractivity contribution in [2.24, 2.45) is 22.7 Å². The van der Waals surface area contributed by atoms with E-state index in [1.165, 1.54) is 0 Å². The first kappa shape index (κ1) is 17.7. The third kappa shape index (κ3) is 2.46. The topological polar surface area (TPSA) is 118 Å². The predicted octanol–water partition coefficient (Wildman–Crippen LogP) is 0.768. The Morgan fingerprint density at radius 3 is 2.58 bits per heavy atom. The second-order valence-corrected chi connectivity index (χ2v) is 8.92. The minimum atomic E-state index is -5.91. The second-order valence-electron chi connectivity index (χ2n) is 7.46. The molecule has 24 heavy (non-hydrogen) atoms. The Bertz CT molecular complexity index is 691. The zero-order chi connectivity index (χ0) is 18.0. The van der Waals surface area contributed by atoms with Gasteiger partial charge < -0.3 is 9.84 Å². The molecule has 0 radical (unpaired) electrons. The van der Waals surface area contributed by atoms with Gasteiger partial charge in [-0.05, 0) is 38.0 Å². The minimum absolute atomic E-state index is 0.0221. The maximum absolute atomic E-state index is 13.3. The van der Waals surface area contributed by atoms with E-state index in [4.69, 9.17) is 4.55 Å². The van der Waals surface area contributed by atoms with Crippen molar-refractivity contribution in [3.05, 3.63) is 0 Å². The molecule has 0 aromatic heterocycles. The summed E-state index contributed by atoms with van der Waals surface area (Å²) in [5, 5.41) is 4.64. The highest BCUT2D eigenvalue weighted by molar-refractivity contribution is 7.87. The van der Waals surface area contributed by atoms with E-state index in [-0.39, 0.29) is 30.6 Å². The summed E-state index contributed by atoms with van der Waals surface area (Å²) in [5.41, 5.74) is -1.63. The molecule has 4 saturated carbocycles. The largest absolute Gasteiger partial charge is 0.465 e. The summed E-state index contributed by atoms with van der Waals surface area (Å²) < 4.78 is 60.7. The molecule has 4 atom stereocenters. The van der Waals surface area contributed by atoms with Crippen LogP contribution < -0.4 is 0 Å².